The Labute approximate surface area is 187 Å². The molecule has 1 aliphatic rings. The molecule has 10 heteroatoms. The summed E-state index contributed by atoms with van der Waals surface area (Å²) in [4.78, 5) is 19.6. The summed E-state index contributed by atoms with van der Waals surface area (Å²) in [6.45, 7) is 9.95. The number of piperazine rings is 1. The number of rotatable bonds is 8. The summed E-state index contributed by atoms with van der Waals surface area (Å²) in [5.41, 5.74) is -0.467. The van der Waals surface area contributed by atoms with Gasteiger partial charge in [-0.25, -0.2) is 4.39 Å². The molecule has 0 bridgehead atoms. The second kappa shape index (κ2) is 10.8. The van der Waals surface area contributed by atoms with Crippen LogP contribution in [0, 0.1) is 5.82 Å². The van der Waals surface area contributed by atoms with Crippen molar-refractivity contribution in [2.75, 3.05) is 37.7 Å². The zero-order valence-corrected chi connectivity index (χ0v) is 17.9. The van der Waals surface area contributed by atoms with Crippen LogP contribution in [0.4, 0.5) is 10.4 Å². The van der Waals surface area contributed by atoms with Crippen molar-refractivity contribution in [2.24, 2.45) is 0 Å². The zero-order valence-electron chi connectivity index (χ0n) is 17.9. The number of carboxylic acid groups (broad SMARTS) is 1. The van der Waals surface area contributed by atoms with Crippen LogP contribution in [-0.4, -0.2) is 59.8 Å². The minimum absolute atomic E-state index is 0. The Balaban J connectivity index is 0.00000320. The number of carbonyl (C=O) groups excluding carboxylic acids is 1. The molecule has 1 saturated heterocycles. The van der Waals surface area contributed by atoms with Crippen LogP contribution < -0.4 is 33.6 Å². The van der Waals surface area contributed by atoms with Gasteiger partial charge in [0.15, 0.2) is 5.82 Å². The molecule has 1 fully saturated rings. The van der Waals surface area contributed by atoms with Crippen LogP contribution in [0.1, 0.15) is 49.3 Å². The summed E-state index contributed by atoms with van der Waals surface area (Å²) in [5.74, 6) is -1.13. The third kappa shape index (κ3) is 5.97. The van der Waals surface area contributed by atoms with Crippen molar-refractivity contribution in [3.05, 3.63) is 35.4 Å². The molecule has 3 rings (SSSR count). The Kier molecular flexibility index (Phi) is 8.71. The minimum atomic E-state index is -1.54. The number of ether oxygens (including phenoxy) is 1. The second-order valence-electron chi connectivity index (χ2n) is 7.53. The van der Waals surface area contributed by atoms with E-state index in [1.165, 1.54) is 6.07 Å². The molecule has 2 heterocycles. The van der Waals surface area contributed by atoms with Gasteiger partial charge in [0.25, 0.3) is 0 Å². The summed E-state index contributed by atoms with van der Waals surface area (Å²) in [6.07, 6.45) is 0.766. The van der Waals surface area contributed by atoms with Gasteiger partial charge in [0, 0.05) is 49.8 Å². The van der Waals surface area contributed by atoms with Gasteiger partial charge in [-0.05, 0) is 25.5 Å². The van der Waals surface area contributed by atoms with Gasteiger partial charge in [-0.3, -0.25) is 4.90 Å². The Bertz CT molecular complexity index is 840. The van der Waals surface area contributed by atoms with Gasteiger partial charge in [0.2, 0.25) is 0 Å². The number of carboxylic acids is 1. The average Bonchev–Trinajstić information content (AvgIpc) is 3.18. The van der Waals surface area contributed by atoms with Crippen LogP contribution in [0.15, 0.2) is 22.7 Å². The van der Waals surface area contributed by atoms with Gasteiger partial charge in [-0.2, -0.15) is 4.98 Å². The maximum absolute atomic E-state index is 13.7. The summed E-state index contributed by atoms with van der Waals surface area (Å²) < 4.78 is 24.6. The van der Waals surface area contributed by atoms with Gasteiger partial charge >= 0.3 is 24.9 Å². The largest absolute Gasteiger partial charge is 1.00 e. The molecule has 0 N–H and O–H groups in total. The molecule has 0 aliphatic carbocycles. The van der Waals surface area contributed by atoms with Crippen LogP contribution in [0.5, 0.6) is 5.75 Å². The van der Waals surface area contributed by atoms with Gasteiger partial charge in [0.05, 0.1) is 12.6 Å². The molecule has 0 spiro atoms. The minimum Gasteiger partial charge on any atom is -0.545 e. The smallest absolute Gasteiger partial charge is 0.545 e. The quantitative estimate of drug-likeness (QED) is 0.493. The van der Waals surface area contributed by atoms with E-state index in [-0.39, 0.29) is 24.8 Å². The fourth-order valence-electron chi connectivity index (χ4n) is 3.22. The number of benzene rings is 1. The van der Waals surface area contributed by atoms with E-state index in [0.717, 1.165) is 50.6 Å². The number of halogens is 1. The number of aromatic nitrogens is 2. The summed E-state index contributed by atoms with van der Waals surface area (Å²) in [5, 5.41) is 14.8. The maximum atomic E-state index is 13.7. The fourth-order valence-corrected chi connectivity index (χ4v) is 3.22. The number of hydrogen-bond acceptors (Lipinski definition) is 8. The van der Waals surface area contributed by atoms with Crippen molar-refractivity contribution >= 4 is 12.0 Å². The average molecular weight is 412 g/mol. The van der Waals surface area contributed by atoms with Crippen molar-refractivity contribution in [3.8, 4) is 5.75 Å². The van der Waals surface area contributed by atoms with E-state index in [4.69, 9.17) is 9.26 Å². The third-order valence-corrected chi connectivity index (χ3v) is 5.12. The van der Waals surface area contributed by atoms with Crippen molar-refractivity contribution in [1.82, 2.24) is 15.0 Å². The SMILES string of the molecule is CC(C)c1noc(N2CCN([C@H](C)CCOc3ccc(C(=O)[O-])c(F)c3)CC2)n1.[Li+]. The van der Waals surface area contributed by atoms with Crippen molar-refractivity contribution in [3.63, 3.8) is 0 Å². The molecule has 2 aromatic rings. The normalized spacial score (nSPS) is 15.7. The Hall–Kier alpha value is -2.08. The topological polar surface area (TPSA) is 94.8 Å². The molecule has 0 unspecified atom stereocenters. The van der Waals surface area contributed by atoms with E-state index >= 15 is 0 Å². The number of carbonyl (C=O) groups is 1. The van der Waals surface area contributed by atoms with Crippen LogP contribution in [0.3, 0.4) is 0 Å². The van der Waals surface area contributed by atoms with E-state index < -0.39 is 17.3 Å². The van der Waals surface area contributed by atoms with Crippen LogP contribution in [-0.2, 0) is 0 Å². The molecule has 0 amide bonds. The predicted octanol–water partition coefficient (Wildman–Crippen LogP) is -1.32. The predicted molar refractivity (Wildman–Crippen MR) is 102 cm³/mol. The molecule has 8 nitrogen and oxygen atoms in total. The first-order chi connectivity index (χ1) is 13.8. The van der Waals surface area contributed by atoms with Gasteiger partial charge in [-0.1, -0.05) is 19.0 Å². The van der Waals surface area contributed by atoms with Gasteiger partial charge in [-0.15, -0.1) is 0 Å². The number of aromatic carboxylic acids is 1. The molecule has 1 aromatic heterocycles. The third-order valence-electron chi connectivity index (χ3n) is 5.12. The van der Waals surface area contributed by atoms with E-state index in [0.29, 0.717) is 24.4 Å². The molecule has 1 atom stereocenters. The first-order valence-electron chi connectivity index (χ1n) is 9.81. The van der Waals surface area contributed by atoms with Crippen LogP contribution in [0.25, 0.3) is 0 Å². The number of hydrogen-bond donors (Lipinski definition) is 0. The fraction of sp³-hybridized carbons (Fsp3) is 0.550. The van der Waals surface area contributed by atoms with E-state index in [9.17, 15) is 14.3 Å². The first kappa shape index (κ1) is 24.2. The standard InChI is InChI=1S/C20H27FN4O4.Li/c1-13(2)18-22-20(29-23-18)25-9-7-24(8-10-25)14(3)6-11-28-15-4-5-16(19(26)27)17(21)12-15;/h4-5,12-14H,6-11H2,1-3H3,(H,26,27);/q;+1/p-1/t14-;/m1./s1. The summed E-state index contributed by atoms with van der Waals surface area (Å²) >= 11 is 0. The molecule has 1 aromatic carbocycles. The Morgan fingerprint density at radius 3 is 2.53 bits per heavy atom. The van der Waals surface area contributed by atoms with Gasteiger partial charge in [0.1, 0.15) is 11.6 Å². The van der Waals surface area contributed by atoms with Gasteiger partial charge < -0.3 is 24.1 Å². The molecule has 30 heavy (non-hydrogen) atoms. The summed E-state index contributed by atoms with van der Waals surface area (Å²) in [7, 11) is 0. The molecule has 0 radical (unpaired) electrons. The van der Waals surface area contributed by atoms with Crippen LogP contribution in [0.2, 0.25) is 0 Å². The molecular weight excluding hydrogens is 386 g/mol. The second-order valence-corrected chi connectivity index (χ2v) is 7.53. The van der Waals surface area contributed by atoms with Crippen molar-refractivity contribution in [1.29, 1.82) is 0 Å². The van der Waals surface area contributed by atoms with Crippen molar-refractivity contribution < 1.29 is 42.4 Å². The van der Waals surface area contributed by atoms with E-state index in [1.807, 2.05) is 13.8 Å². The monoisotopic (exact) mass is 412 g/mol. The first-order valence-corrected chi connectivity index (χ1v) is 9.81. The molecular formula is C20H26FLiN4O4. The zero-order chi connectivity index (χ0) is 21.0. The number of anilines is 1. The van der Waals surface area contributed by atoms with E-state index in [1.54, 1.807) is 0 Å². The maximum Gasteiger partial charge on any atom is 1.00 e. The summed E-state index contributed by atoms with van der Waals surface area (Å²) in [6, 6.07) is 4.53. The Morgan fingerprint density at radius 2 is 1.97 bits per heavy atom. The molecule has 0 saturated carbocycles. The van der Waals surface area contributed by atoms with Crippen molar-refractivity contribution in [2.45, 2.75) is 39.2 Å². The molecule has 158 valence electrons. The Morgan fingerprint density at radius 1 is 1.27 bits per heavy atom. The molecule has 1 aliphatic heterocycles. The number of nitrogens with zero attached hydrogens (tertiary/aromatic N) is 4. The van der Waals surface area contributed by atoms with E-state index in [2.05, 4.69) is 26.9 Å². The van der Waals surface area contributed by atoms with Crippen LogP contribution >= 0.6 is 0 Å².